The monoisotopic (exact) mass is 285 g/mol. The van der Waals surface area contributed by atoms with E-state index in [4.69, 9.17) is 15.2 Å². The first-order valence-corrected chi connectivity index (χ1v) is 7.18. The molecule has 1 unspecified atom stereocenters. The average Bonchev–Trinajstić information content (AvgIpc) is 2.55. The molecule has 2 N–H and O–H groups in total. The fourth-order valence-corrected chi connectivity index (χ4v) is 2.57. The Balaban J connectivity index is 2.43. The number of rotatable bonds is 6. The Bertz CT molecular complexity index is 583. The van der Waals surface area contributed by atoms with Gasteiger partial charge in [-0.3, -0.25) is 0 Å². The molecule has 0 saturated heterocycles. The van der Waals surface area contributed by atoms with Gasteiger partial charge < -0.3 is 15.2 Å². The summed E-state index contributed by atoms with van der Waals surface area (Å²) in [5.41, 5.74) is 8.43. The summed E-state index contributed by atoms with van der Waals surface area (Å²) in [6.45, 7) is 2.10. The van der Waals surface area contributed by atoms with Crippen LogP contribution in [0.3, 0.4) is 0 Å². The van der Waals surface area contributed by atoms with Crippen molar-refractivity contribution in [3.8, 4) is 11.5 Å². The van der Waals surface area contributed by atoms with Gasteiger partial charge in [-0.25, -0.2) is 0 Å². The fourth-order valence-electron chi connectivity index (χ4n) is 2.57. The van der Waals surface area contributed by atoms with Crippen LogP contribution in [-0.2, 0) is 12.0 Å². The van der Waals surface area contributed by atoms with E-state index in [1.54, 1.807) is 14.2 Å². The number of benzene rings is 2. The van der Waals surface area contributed by atoms with Crippen molar-refractivity contribution in [1.82, 2.24) is 0 Å². The fraction of sp³-hybridized carbons (Fsp3) is 0.333. The van der Waals surface area contributed by atoms with E-state index in [-0.39, 0.29) is 0 Å². The first-order valence-electron chi connectivity index (χ1n) is 7.18. The summed E-state index contributed by atoms with van der Waals surface area (Å²) in [7, 11) is 3.33. The van der Waals surface area contributed by atoms with Crippen molar-refractivity contribution in [3.05, 3.63) is 59.7 Å². The zero-order valence-electron chi connectivity index (χ0n) is 12.9. The average molecular weight is 285 g/mol. The van der Waals surface area contributed by atoms with Crippen LogP contribution in [0.15, 0.2) is 48.5 Å². The van der Waals surface area contributed by atoms with Gasteiger partial charge in [-0.15, -0.1) is 0 Å². The third kappa shape index (κ3) is 3.37. The second-order valence-electron chi connectivity index (χ2n) is 5.24. The van der Waals surface area contributed by atoms with Gasteiger partial charge in [0.15, 0.2) is 0 Å². The topological polar surface area (TPSA) is 44.5 Å². The minimum Gasteiger partial charge on any atom is -0.497 e. The van der Waals surface area contributed by atoms with E-state index in [9.17, 15) is 0 Å². The lowest BCUT2D eigenvalue weighted by Crippen LogP contribution is -2.38. The van der Waals surface area contributed by atoms with E-state index in [0.717, 1.165) is 29.9 Å². The molecule has 0 heterocycles. The van der Waals surface area contributed by atoms with Crippen molar-refractivity contribution in [3.63, 3.8) is 0 Å². The molecule has 0 saturated carbocycles. The summed E-state index contributed by atoms with van der Waals surface area (Å²) in [6.07, 6.45) is 1.57. The first-order chi connectivity index (χ1) is 10.1. The Kier molecular flexibility index (Phi) is 4.86. The summed E-state index contributed by atoms with van der Waals surface area (Å²) < 4.78 is 10.8. The van der Waals surface area contributed by atoms with Crippen LogP contribution in [0.2, 0.25) is 0 Å². The Morgan fingerprint density at radius 3 is 2.29 bits per heavy atom. The van der Waals surface area contributed by atoms with E-state index in [0.29, 0.717) is 0 Å². The van der Waals surface area contributed by atoms with Crippen molar-refractivity contribution in [1.29, 1.82) is 0 Å². The van der Waals surface area contributed by atoms with Gasteiger partial charge in [0.25, 0.3) is 0 Å². The lowest BCUT2D eigenvalue weighted by atomic mass is 9.82. The number of nitrogens with two attached hydrogens (primary N) is 1. The van der Waals surface area contributed by atoms with Crippen LogP contribution in [0.4, 0.5) is 0 Å². The molecule has 0 bridgehead atoms. The van der Waals surface area contributed by atoms with Crippen LogP contribution in [0.1, 0.15) is 24.5 Å². The highest BCUT2D eigenvalue weighted by atomic mass is 16.5. The summed E-state index contributed by atoms with van der Waals surface area (Å²) in [5.74, 6) is 1.60. The summed E-state index contributed by atoms with van der Waals surface area (Å²) in [5, 5.41) is 0. The smallest absolute Gasteiger partial charge is 0.124 e. The van der Waals surface area contributed by atoms with E-state index in [1.807, 2.05) is 36.4 Å². The highest BCUT2D eigenvalue weighted by Crippen LogP contribution is 2.36. The zero-order chi connectivity index (χ0) is 15.3. The molecule has 1 atom stereocenters. The molecule has 3 heteroatoms. The van der Waals surface area contributed by atoms with Gasteiger partial charge >= 0.3 is 0 Å². The van der Waals surface area contributed by atoms with Crippen LogP contribution in [0.5, 0.6) is 11.5 Å². The third-order valence-corrected chi connectivity index (χ3v) is 3.94. The van der Waals surface area contributed by atoms with Crippen molar-refractivity contribution in [2.24, 2.45) is 5.73 Å². The van der Waals surface area contributed by atoms with Crippen LogP contribution in [-0.4, -0.2) is 14.2 Å². The normalized spacial score (nSPS) is 13.5. The van der Waals surface area contributed by atoms with Crippen molar-refractivity contribution in [2.45, 2.75) is 25.3 Å². The molecule has 21 heavy (non-hydrogen) atoms. The second kappa shape index (κ2) is 6.64. The SMILES string of the molecule is CCC(N)(Cc1ccccc1)c1cc(OC)ccc1OC. The Labute approximate surface area is 126 Å². The van der Waals surface area contributed by atoms with Gasteiger partial charge in [0.2, 0.25) is 0 Å². The highest BCUT2D eigenvalue weighted by molar-refractivity contribution is 5.45. The lowest BCUT2D eigenvalue weighted by Gasteiger charge is -2.31. The van der Waals surface area contributed by atoms with Gasteiger partial charge in [0, 0.05) is 11.1 Å². The van der Waals surface area contributed by atoms with Crippen molar-refractivity contribution in [2.75, 3.05) is 14.2 Å². The molecule has 0 aliphatic heterocycles. The van der Waals surface area contributed by atoms with E-state index < -0.39 is 5.54 Å². The number of methoxy groups -OCH3 is 2. The highest BCUT2D eigenvalue weighted by Gasteiger charge is 2.29. The standard InChI is InChI=1S/C18H23NO2/c1-4-18(19,13-14-8-6-5-7-9-14)16-12-15(20-2)10-11-17(16)21-3/h5-12H,4,13,19H2,1-3H3. The maximum atomic E-state index is 6.72. The van der Waals surface area contributed by atoms with E-state index >= 15 is 0 Å². The molecule has 0 spiro atoms. The maximum Gasteiger partial charge on any atom is 0.124 e. The largest absolute Gasteiger partial charge is 0.497 e. The molecular formula is C18H23NO2. The van der Waals surface area contributed by atoms with Gasteiger partial charge in [0.1, 0.15) is 11.5 Å². The molecule has 0 aromatic heterocycles. The molecule has 0 aliphatic rings. The summed E-state index contributed by atoms with van der Waals surface area (Å²) in [4.78, 5) is 0. The maximum absolute atomic E-state index is 6.72. The molecule has 0 aliphatic carbocycles. The molecule has 0 radical (unpaired) electrons. The van der Waals surface area contributed by atoms with Crippen LogP contribution in [0, 0.1) is 0 Å². The molecule has 112 valence electrons. The van der Waals surface area contributed by atoms with Crippen molar-refractivity contribution < 1.29 is 9.47 Å². The molecule has 0 fully saturated rings. The summed E-state index contributed by atoms with van der Waals surface area (Å²) >= 11 is 0. The van der Waals surface area contributed by atoms with Gasteiger partial charge in [0.05, 0.1) is 14.2 Å². The number of ether oxygens (including phenoxy) is 2. The van der Waals surface area contributed by atoms with Gasteiger partial charge in [-0.1, -0.05) is 37.3 Å². The Morgan fingerprint density at radius 1 is 1.00 bits per heavy atom. The third-order valence-electron chi connectivity index (χ3n) is 3.94. The molecule has 2 aromatic carbocycles. The Hall–Kier alpha value is -2.00. The number of hydrogen-bond acceptors (Lipinski definition) is 3. The second-order valence-corrected chi connectivity index (χ2v) is 5.24. The summed E-state index contributed by atoms with van der Waals surface area (Å²) in [6, 6.07) is 16.1. The molecule has 2 rings (SSSR count). The molecule has 3 nitrogen and oxygen atoms in total. The molecule has 0 amide bonds. The van der Waals surface area contributed by atoms with E-state index in [2.05, 4.69) is 19.1 Å². The number of hydrogen-bond donors (Lipinski definition) is 1. The van der Waals surface area contributed by atoms with Gasteiger partial charge in [-0.05, 0) is 36.6 Å². The van der Waals surface area contributed by atoms with Crippen molar-refractivity contribution >= 4 is 0 Å². The van der Waals surface area contributed by atoms with Gasteiger partial charge in [-0.2, -0.15) is 0 Å². The van der Waals surface area contributed by atoms with Crippen LogP contribution < -0.4 is 15.2 Å². The quantitative estimate of drug-likeness (QED) is 0.883. The first kappa shape index (κ1) is 15.4. The van der Waals surface area contributed by atoms with E-state index in [1.165, 1.54) is 5.56 Å². The molecular weight excluding hydrogens is 262 g/mol. The van der Waals surface area contributed by atoms with Crippen LogP contribution >= 0.6 is 0 Å². The predicted octanol–water partition coefficient (Wildman–Crippen LogP) is 3.51. The molecule has 2 aromatic rings. The van der Waals surface area contributed by atoms with Crippen LogP contribution in [0.25, 0.3) is 0 Å². The minimum atomic E-state index is -0.485. The predicted molar refractivity (Wildman–Crippen MR) is 85.8 cm³/mol. The minimum absolute atomic E-state index is 0.485. The lowest BCUT2D eigenvalue weighted by molar-refractivity contribution is 0.361. The zero-order valence-corrected chi connectivity index (χ0v) is 12.9. The Morgan fingerprint density at radius 2 is 1.71 bits per heavy atom.